The Morgan fingerprint density at radius 1 is 1.41 bits per heavy atom. The van der Waals surface area contributed by atoms with Gasteiger partial charge >= 0.3 is 0 Å². The topological polar surface area (TPSA) is 75.4 Å². The number of carbonyl (C=O) groups is 2. The average Bonchev–Trinajstić information content (AvgIpc) is 2.42. The molecule has 0 saturated carbocycles. The van der Waals surface area contributed by atoms with Crippen molar-refractivity contribution in [2.75, 3.05) is 18.9 Å². The van der Waals surface area contributed by atoms with Crippen molar-refractivity contribution in [1.29, 1.82) is 0 Å². The van der Waals surface area contributed by atoms with Gasteiger partial charge in [0.2, 0.25) is 5.91 Å². The molecule has 0 saturated heterocycles. The van der Waals surface area contributed by atoms with Gasteiger partial charge in [-0.1, -0.05) is 19.9 Å². The van der Waals surface area contributed by atoms with Gasteiger partial charge in [0.05, 0.1) is 6.04 Å². The lowest BCUT2D eigenvalue weighted by atomic mass is 9.98. The van der Waals surface area contributed by atoms with Gasteiger partial charge in [0, 0.05) is 24.8 Å². The predicted molar refractivity (Wildman–Crippen MR) is 90.4 cm³/mol. The van der Waals surface area contributed by atoms with E-state index in [9.17, 15) is 9.59 Å². The lowest BCUT2D eigenvalue weighted by Gasteiger charge is -2.25. The molecule has 6 heteroatoms. The molecule has 2 amide bonds. The molecule has 122 valence electrons. The third-order valence-corrected chi connectivity index (χ3v) is 3.73. The third kappa shape index (κ3) is 4.21. The molecule has 0 spiro atoms. The molecule has 1 aromatic carbocycles. The maximum atomic E-state index is 12.1. The number of amides is 2. The molecule has 1 atom stereocenters. The molecule has 0 radical (unpaired) electrons. The van der Waals surface area contributed by atoms with Crippen LogP contribution in [-0.2, 0) is 11.2 Å². The molecule has 3 N–H and O–H groups in total. The van der Waals surface area contributed by atoms with E-state index in [0.717, 1.165) is 18.5 Å². The number of halogens is 1. The number of likely N-dealkylation sites (N-methyl/N-ethyl adjacent to an activating group) is 1. The van der Waals surface area contributed by atoms with Crippen molar-refractivity contribution >= 4 is 29.9 Å². The van der Waals surface area contributed by atoms with Crippen molar-refractivity contribution in [3.8, 4) is 0 Å². The highest BCUT2D eigenvalue weighted by Crippen LogP contribution is 2.22. The second kappa shape index (κ2) is 7.61. The molecular weight excluding hydrogens is 302 g/mol. The molecular formula is C16H24ClN3O2. The fourth-order valence-electron chi connectivity index (χ4n) is 2.52. The largest absolute Gasteiger partial charge is 0.341 e. The fourth-order valence-corrected chi connectivity index (χ4v) is 2.52. The first-order valence-electron chi connectivity index (χ1n) is 7.33. The van der Waals surface area contributed by atoms with E-state index < -0.39 is 6.04 Å². The van der Waals surface area contributed by atoms with E-state index in [1.54, 1.807) is 18.0 Å². The second-order valence-corrected chi connectivity index (χ2v) is 6.07. The van der Waals surface area contributed by atoms with E-state index >= 15 is 0 Å². The number of carbonyl (C=O) groups excluding carboxylic acids is 2. The van der Waals surface area contributed by atoms with Gasteiger partial charge in [0.15, 0.2) is 0 Å². The van der Waals surface area contributed by atoms with Crippen molar-refractivity contribution in [3.05, 3.63) is 29.3 Å². The summed E-state index contributed by atoms with van der Waals surface area (Å²) in [4.78, 5) is 25.8. The van der Waals surface area contributed by atoms with Crippen molar-refractivity contribution in [1.82, 2.24) is 4.90 Å². The zero-order valence-electron chi connectivity index (χ0n) is 13.3. The zero-order chi connectivity index (χ0) is 15.6. The Hall–Kier alpha value is -1.59. The molecule has 2 rings (SSSR count). The number of nitrogens with zero attached hydrogens (tertiary/aromatic N) is 1. The quantitative estimate of drug-likeness (QED) is 0.889. The summed E-state index contributed by atoms with van der Waals surface area (Å²) < 4.78 is 0. The molecule has 1 aliphatic heterocycles. The van der Waals surface area contributed by atoms with E-state index in [2.05, 4.69) is 5.32 Å². The van der Waals surface area contributed by atoms with E-state index in [1.807, 2.05) is 26.0 Å². The number of hydrogen-bond acceptors (Lipinski definition) is 3. The Kier molecular flexibility index (Phi) is 6.38. The van der Waals surface area contributed by atoms with Gasteiger partial charge in [-0.3, -0.25) is 9.59 Å². The number of rotatable bonds is 4. The molecule has 0 aliphatic carbocycles. The highest BCUT2D eigenvalue weighted by Gasteiger charge is 2.22. The van der Waals surface area contributed by atoms with Crippen molar-refractivity contribution in [2.24, 2.45) is 11.7 Å². The maximum Gasteiger partial charge on any atom is 0.253 e. The second-order valence-electron chi connectivity index (χ2n) is 6.07. The Bertz CT molecular complexity index is 560. The Morgan fingerprint density at radius 2 is 2.09 bits per heavy atom. The molecule has 0 unspecified atom stereocenters. The summed E-state index contributed by atoms with van der Waals surface area (Å²) >= 11 is 0. The molecule has 5 nitrogen and oxygen atoms in total. The van der Waals surface area contributed by atoms with Crippen LogP contribution in [0.3, 0.4) is 0 Å². The molecule has 0 fully saturated rings. The van der Waals surface area contributed by atoms with Crippen molar-refractivity contribution in [2.45, 2.75) is 32.7 Å². The Balaban J connectivity index is 0.00000242. The van der Waals surface area contributed by atoms with E-state index in [0.29, 0.717) is 23.6 Å². The SMILES string of the molecule is CC(C)C[C@H](N)C(=O)Nc1ccc2c(c1)C(=O)N(C)CC2.Cl. The Labute approximate surface area is 137 Å². The van der Waals surface area contributed by atoms with Crippen LogP contribution in [0, 0.1) is 5.92 Å². The minimum absolute atomic E-state index is 0. The normalized spacial score (nSPS) is 15.1. The molecule has 0 bridgehead atoms. The lowest BCUT2D eigenvalue weighted by molar-refractivity contribution is -0.117. The van der Waals surface area contributed by atoms with Gasteiger partial charge in [0.25, 0.3) is 5.91 Å². The van der Waals surface area contributed by atoms with Crippen LogP contribution in [-0.4, -0.2) is 36.3 Å². The van der Waals surface area contributed by atoms with E-state index in [1.165, 1.54) is 0 Å². The average molecular weight is 326 g/mol. The first kappa shape index (κ1) is 18.5. The standard InChI is InChI=1S/C16H23N3O2.ClH/c1-10(2)8-14(17)15(20)18-12-5-4-11-6-7-19(3)16(21)13(11)9-12;/h4-5,9-10,14H,6-8,17H2,1-3H3,(H,18,20);1H/t14-;/m0./s1. The van der Waals surface area contributed by atoms with Crippen LogP contribution in [0.1, 0.15) is 36.2 Å². The summed E-state index contributed by atoms with van der Waals surface area (Å²) in [6, 6.07) is 4.95. The number of nitrogens with two attached hydrogens (primary N) is 1. The van der Waals surface area contributed by atoms with Crippen LogP contribution < -0.4 is 11.1 Å². The Morgan fingerprint density at radius 3 is 2.73 bits per heavy atom. The van der Waals surface area contributed by atoms with Gasteiger partial charge in [-0.15, -0.1) is 12.4 Å². The van der Waals surface area contributed by atoms with Gasteiger partial charge in [-0.25, -0.2) is 0 Å². The van der Waals surface area contributed by atoms with Crippen LogP contribution >= 0.6 is 12.4 Å². The number of anilines is 1. The highest BCUT2D eigenvalue weighted by molar-refractivity contribution is 6.00. The van der Waals surface area contributed by atoms with E-state index in [-0.39, 0.29) is 24.2 Å². The number of fused-ring (bicyclic) bond motifs is 1. The summed E-state index contributed by atoms with van der Waals surface area (Å²) in [5.74, 6) is 0.156. The summed E-state index contributed by atoms with van der Waals surface area (Å²) in [6.07, 6.45) is 1.48. The molecule has 1 aliphatic rings. The molecule has 1 aromatic rings. The maximum absolute atomic E-state index is 12.1. The van der Waals surface area contributed by atoms with E-state index in [4.69, 9.17) is 5.73 Å². The summed E-state index contributed by atoms with van der Waals surface area (Å²) in [5, 5.41) is 2.80. The van der Waals surface area contributed by atoms with Crippen LogP contribution in [0.2, 0.25) is 0 Å². The number of benzene rings is 1. The number of hydrogen-bond donors (Lipinski definition) is 2. The molecule has 0 aromatic heterocycles. The molecule has 22 heavy (non-hydrogen) atoms. The zero-order valence-corrected chi connectivity index (χ0v) is 14.1. The monoisotopic (exact) mass is 325 g/mol. The van der Waals surface area contributed by atoms with Gasteiger partial charge in [-0.05, 0) is 36.5 Å². The predicted octanol–water partition coefficient (Wildman–Crippen LogP) is 2.05. The van der Waals surface area contributed by atoms with Crippen LogP contribution in [0.4, 0.5) is 5.69 Å². The lowest BCUT2D eigenvalue weighted by Crippen LogP contribution is -2.37. The van der Waals surface area contributed by atoms with Crippen molar-refractivity contribution < 1.29 is 9.59 Å². The fraction of sp³-hybridized carbons (Fsp3) is 0.500. The number of nitrogens with one attached hydrogen (secondary N) is 1. The van der Waals surface area contributed by atoms with Gasteiger partial charge in [-0.2, -0.15) is 0 Å². The van der Waals surface area contributed by atoms with Gasteiger partial charge < -0.3 is 16.0 Å². The van der Waals surface area contributed by atoms with Crippen molar-refractivity contribution in [3.63, 3.8) is 0 Å². The van der Waals surface area contributed by atoms with Crippen LogP contribution in [0.5, 0.6) is 0 Å². The summed E-state index contributed by atoms with van der Waals surface area (Å²) in [5.41, 5.74) is 8.19. The first-order valence-corrected chi connectivity index (χ1v) is 7.33. The minimum atomic E-state index is -0.528. The summed E-state index contributed by atoms with van der Waals surface area (Å²) in [6.45, 7) is 4.79. The minimum Gasteiger partial charge on any atom is -0.341 e. The van der Waals surface area contributed by atoms with Crippen LogP contribution in [0.25, 0.3) is 0 Å². The van der Waals surface area contributed by atoms with Crippen LogP contribution in [0.15, 0.2) is 18.2 Å². The smallest absolute Gasteiger partial charge is 0.253 e. The summed E-state index contributed by atoms with van der Waals surface area (Å²) in [7, 11) is 1.79. The molecule has 1 heterocycles. The van der Waals surface area contributed by atoms with Gasteiger partial charge in [0.1, 0.15) is 0 Å². The third-order valence-electron chi connectivity index (χ3n) is 3.73. The highest BCUT2D eigenvalue weighted by atomic mass is 35.5. The first-order chi connectivity index (χ1) is 9.88.